The molecule has 7 nitrogen and oxygen atoms in total. The number of carbonyl (C=O) groups excluding carboxylic acids is 1. The van der Waals surface area contributed by atoms with Gasteiger partial charge in [-0.3, -0.25) is 4.79 Å². The summed E-state index contributed by atoms with van der Waals surface area (Å²) >= 11 is 4.33. The number of carbonyl (C=O) groups is 1. The normalized spacial score (nSPS) is 16.0. The summed E-state index contributed by atoms with van der Waals surface area (Å²) in [5.74, 6) is 0.190. The third-order valence-corrected chi connectivity index (χ3v) is 6.63. The number of rotatable bonds is 4. The fraction of sp³-hybridized carbons (Fsp3) is 0.412. The number of sulfonamides is 1. The van der Waals surface area contributed by atoms with Crippen LogP contribution >= 0.6 is 12.6 Å². The Kier molecular flexibility index (Phi) is 5.40. The van der Waals surface area contributed by atoms with Crippen molar-refractivity contribution in [3.8, 4) is 0 Å². The average molecular weight is 396 g/mol. The van der Waals surface area contributed by atoms with E-state index >= 15 is 0 Å². The van der Waals surface area contributed by atoms with E-state index in [1.165, 1.54) is 0 Å². The topological polar surface area (TPSA) is 92.5 Å². The molecule has 0 unspecified atom stereocenters. The Hall–Kier alpha value is -1.84. The molecule has 1 N–H and O–H groups in total. The lowest BCUT2D eigenvalue weighted by Crippen LogP contribution is -2.46. The number of hydrogen-bond donors (Lipinski definition) is 2. The van der Waals surface area contributed by atoms with Crippen molar-refractivity contribution < 1.29 is 17.7 Å². The molecule has 26 heavy (non-hydrogen) atoms. The van der Waals surface area contributed by atoms with Gasteiger partial charge in [0, 0.05) is 24.0 Å². The number of piperidine rings is 1. The maximum Gasteiger partial charge on any atom is 0.254 e. The zero-order valence-electron chi connectivity index (χ0n) is 14.6. The third kappa shape index (κ3) is 3.79. The van der Waals surface area contributed by atoms with Gasteiger partial charge in [-0.2, -0.15) is 0 Å². The number of likely N-dealkylation sites (tertiary alicyclic amines) is 1. The van der Waals surface area contributed by atoms with E-state index in [1.807, 2.05) is 6.07 Å². The fourth-order valence-electron chi connectivity index (χ4n) is 3.16. The number of hydrogen-bond acceptors (Lipinski definition) is 6. The van der Waals surface area contributed by atoms with Gasteiger partial charge in [0.25, 0.3) is 5.91 Å². The lowest BCUT2D eigenvalue weighted by molar-refractivity contribution is 0.0708. The van der Waals surface area contributed by atoms with Gasteiger partial charge in [-0.15, -0.1) is 12.6 Å². The summed E-state index contributed by atoms with van der Waals surface area (Å²) in [5, 5.41) is 3.70. The largest absolute Gasteiger partial charge is 0.360 e. The van der Waals surface area contributed by atoms with E-state index in [-0.39, 0.29) is 22.6 Å². The average Bonchev–Trinajstić information content (AvgIpc) is 2.94. The second-order valence-electron chi connectivity index (χ2n) is 6.36. The fourth-order valence-corrected chi connectivity index (χ4v) is 5.05. The molecule has 1 aromatic carbocycles. The Balaban J connectivity index is 1.64. The highest BCUT2D eigenvalue weighted by Crippen LogP contribution is 2.22. The molecule has 0 saturated carbocycles. The van der Waals surface area contributed by atoms with Crippen molar-refractivity contribution >= 4 is 28.6 Å². The van der Waals surface area contributed by atoms with Crippen molar-refractivity contribution in [3.05, 3.63) is 41.3 Å². The number of benzene rings is 1. The van der Waals surface area contributed by atoms with Crippen LogP contribution in [0.2, 0.25) is 0 Å². The molecular weight excluding hydrogens is 374 g/mol. The molecule has 1 aliphatic heterocycles. The number of nitrogens with zero attached hydrogens (tertiary/aromatic N) is 2. The van der Waals surface area contributed by atoms with Crippen LogP contribution in [0, 0.1) is 13.8 Å². The van der Waals surface area contributed by atoms with Crippen molar-refractivity contribution in [3.63, 3.8) is 0 Å². The molecule has 1 amide bonds. The molecule has 1 aliphatic rings. The van der Waals surface area contributed by atoms with E-state index < -0.39 is 10.0 Å². The minimum absolute atomic E-state index is 0.0809. The minimum Gasteiger partial charge on any atom is -0.360 e. The highest BCUT2D eigenvalue weighted by atomic mass is 32.2. The summed E-state index contributed by atoms with van der Waals surface area (Å²) in [6.45, 7) is 4.14. The zero-order chi connectivity index (χ0) is 18.9. The Morgan fingerprint density at radius 1 is 1.27 bits per heavy atom. The number of amides is 1. The molecule has 1 fully saturated rings. The maximum absolute atomic E-state index is 12.6. The first kappa shape index (κ1) is 18.9. The first-order valence-corrected chi connectivity index (χ1v) is 10.2. The van der Waals surface area contributed by atoms with Crippen LogP contribution in [0.4, 0.5) is 0 Å². The molecular formula is C17H21N3O4S2. The Labute approximate surface area is 158 Å². The van der Waals surface area contributed by atoms with Crippen LogP contribution in [-0.2, 0) is 10.0 Å². The quantitative estimate of drug-likeness (QED) is 0.774. The molecule has 3 rings (SSSR count). The van der Waals surface area contributed by atoms with Crippen LogP contribution in [0.25, 0.3) is 0 Å². The molecule has 1 aromatic heterocycles. The smallest absolute Gasteiger partial charge is 0.254 e. The van der Waals surface area contributed by atoms with Gasteiger partial charge in [0.1, 0.15) is 10.6 Å². The molecule has 0 atom stereocenters. The van der Waals surface area contributed by atoms with Crippen LogP contribution in [0.1, 0.15) is 34.7 Å². The third-order valence-electron chi connectivity index (χ3n) is 4.48. The summed E-state index contributed by atoms with van der Waals surface area (Å²) in [7, 11) is -3.70. The number of nitrogens with one attached hydrogen (secondary N) is 1. The Morgan fingerprint density at radius 3 is 2.50 bits per heavy atom. The van der Waals surface area contributed by atoms with Gasteiger partial charge in [0.2, 0.25) is 10.0 Å². The van der Waals surface area contributed by atoms with Gasteiger partial charge in [-0.25, -0.2) is 13.1 Å². The molecule has 0 aliphatic carbocycles. The van der Waals surface area contributed by atoms with Gasteiger partial charge in [-0.05, 0) is 38.8 Å². The van der Waals surface area contributed by atoms with Crippen molar-refractivity contribution in [2.45, 2.75) is 42.5 Å². The number of aromatic nitrogens is 1. The first-order valence-electron chi connectivity index (χ1n) is 8.32. The second kappa shape index (κ2) is 7.42. The van der Waals surface area contributed by atoms with Gasteiger partial charge in [0.05, 0.1) is 5.56 Å². The highest BCUT2D eigenvalue weighted by Gasteiger charge is 2.30. The summed E-state index contributed by atoms with van der Waals surface area (Å²) in [5.41, 5.74) is 0.901. The van der Waals surface area contributed by atoms with E-state index in [0.717, 1.165) is 0 Å². The molecule has 2 heterocycles. The van der Waals surface area contributed by atoms with Crippen molar-refractivity contribution in [1.82, 2.24) is 14.8 Å². The van der Waals surface area contributed by atoms with Gasteiger partial charge in [0.15, 0.2) is 5.76 Å². The van der Waals surface area contributed by atoms with E-state index in [9.17, 15) is 13.2 Å². The first-order chi connectivity index (χ1) is 12.3. The minimum atomic E-state index is -3.70. The summed E-state index contributed by atoms with van der Waals surface area (Å²) in [6.07, 6.45) is 1.09. The van der Waals surface area contributed by atoms with Crippen LogP contribution < -0.4 is 4.72 Å². The molecule has 2 aromatic rings. The number of aryl methyl sites for hydroxylation is 2. The summed E-state index contributed by atoms with van der Waals surface area (Å²) < 4.78 is 32.8. The van der Waals surface area contributed by atoms with Crippen molar-refractivity contribution in [2.24, 2.45) is 0 Å². The van der Waals surface area contributed by atoms with E-state index in [2.05, 4.69) is 22.5 Å². The van der Waals surface area contributed by atoms with Crippen LogP contribution in [0.5, 0.6) is 0 Å². The standard InChI is InChI=1S/C17H21N3O4S2/c1-11-16(12(2)24-18-11)26(22,23)19-13-7-9-20(10-8-13)17(21)14-5-3-4-6-15(14)25/h3-6,13,19,25H,7-10H2,1-2H3. The maximum atomic E-state index is 12.6. The number of thiol groups is 1. The van der Waals surface area contributed by atoms with Gasteiger partial charge >= 0.3 is 0 Å². The summed E-state index contributed by atoms with van der Waals surface area (Å²) in [4.78, 5) is 15.1. The van der Waals surface area contributed by atoms with Crippen molar-refractivity contribution in [1.29, 1.82) is 0 Å². The van der Waals surface area contributed by atoms with E-state index in [0.29, 0.717) is 42.1 Å². The Morgan fingerprint density at radius 2 is 1.92 bits per heavy atom. The highest BCUT2D eigenvalue weighted by molar-refractivity contribution is 7.89. The monoisotopic (exact) mass is 395 g/mol. The van der Waals surface area contributed by atoms with Gasteiger partial charge < -0.3 is 9.42 Å². The predicted molar refractivity (Wildman–Crippen MR) is 98.9 cm³/mol. The van der Waals surface area contributed by atoms with Crippen LogP contribution in [0.15, 0.2) is 38.6 Å². The van der Waals surface area contributed by atoms with E-state index in [1.54, 1.807) is 36.9 Å². The van der Waals surface area contributed by atoms with Crippen LogP contribution in [-0.4, -0.2) is 43.5 Å². The van der Waals surface area contributed by atoms with Crippen LogP contribution in [0.3, 0.4) is 0 Å². The Bertz CT molecular complexity index is 896. The predicted octanol–water partition coefficient (Wildman–Crippen LogP) is 2.16. The molecule has 0 spiro atoms. The molecule has 140 valence electrons. The molecule has 0 bridgehead atoms. The summed E-state index contributed by atoms with van der Waals surface area (Å²) in [6, 6.07) is 6.92. The zero-order valence-corrected chi connectivity index (χ0v) is 16.3. The molecule has 0 radical (unpaired) electrons. The van der Waals surface area contributed by atoms with E-state index in [4.69, 9.17) is 4.52 Å². The second-order valence-corrected chi connectivity index (χ2v) is 8.49. The van der Waals surface area contributed by atoms with Gasteiger partial charge in [-0.1, -0.05) is 17.3 Å². The lowest BCUT2D eigenvalue weighted by Gasteiger charge is -2.32. The SMILES string of the molecule is Cc1noc(C)c1S(=O)(=O)NC1CCN(C(=O)c2ccccc2S)CC1. The molecule has 1 saturated heterocycles. The van der Waals surface area contributed by atoms with Crippen molar-refractivity contribution in [2.75, 3.05) is 13.1 Å². The molecule has 9 heteroatoms. The lowest BCUT2D eigenvalue weighted by atomic mass is 10.0.